The van der Waals surface area contributed by atoms with Crippen LogP contribution in [0.3, 0.4) is 0 Å². The van der Waals surface area contributed by atoms with E-state index in [9.17, 15) is 4.79 Å². The van der Waals surface area contributed by atoms with Crippen molar-refractivity contribution < 1.29 is 4.79 Å². The van der Waals surface area contributed by atoms with Gasteiger partial charge in [0.1, 0.15) is 12.4 Å². The van der Waals surface area contributed by atoms with Gasteiger partial charge in [-0.25, -0.2) is 0 Å². The van der Waals surface area contributed by atoms with Gasteiger partial charge in [0, 0.05) is 15.8 Å². The molecule has 1 aromatic carbocycles. The number of amides is 1. The van der Waals surface area contributed by atoms with Crippen LogP contribution >= 0.6 is 35.0 Å². The largest absolute Gasteiger partial charge is 0.368 e. The lowest BCUT2D eigenvalue weighted by Gasteiger charge is -2.08. The van der Waals surface area contributed by atoms with Gasteiger partial charge in [-0.3, -0.25) is 9.36 Å². The Morgan fingerprint density at radius 3 is 2.60 bits per heavy atom. The van der Waals surface area contributed by atoms with Crippen LogP contribution in [0.4, 0.5) is 0 Å². The zero-order chi connectivity index (χ0) is 14.7. The van der Waals surface area contributed by atoms with E-state index in [1.807, 2.05) is 0 Å². The van der Waals surface area contributed by atoms with Crippen molar-refractivity contribution in [1.29, 1.82) is 0 Å². The molecule has 1 amide bonds. The van der Waals surface area contributed by atoms with Crippen LogP contribution in [-0.2, 0) is 17.1 Å². The fourth-order valence-electron chi connectivity index (χ4n) is 1.61. The zero-order valence-electron chi connectivity index (χ0n) is 10.6. The number of nitrogens with two attached hydrogens (primary N) is 1. The molecule has 2 rings (SSSR count). The second-order valence-electron chi connectivity index (χ2n) is 4.07. The molecule has 106 valence electrons. The Labute approximate surface area is 130 Å². The van der Waals surface area contributed by atoms with Gasteiger partial charge in [-0.15, -0.1) is 10.2 Å². The topological polar surface area (TPSA) is 73.8 Å². The van der Waals surface area contributed by atoms with E-state index in [0.717, 1.165) is 5.56 Å². The summed E-state index contributed by atoms with van der Waals surface area (Å²) in [6.07, 6.45) is 0. The Kier molecular flexibility index (Phi) is 4.91. The van der Waals surface area contributed by atoms with Gasteiger partial charge in [0.05, 0.1) is 0 Å². The number of aromatic nitrogens is 3. The number of hydrogen-bond acceptors (Lipinski definition) is 4. The molecule has 0 unspecified atom stereocenters. The summed E-state index contributed by atoms with van der Waals surface area (Å²) < 4.78 is 1.66. The summed E-state index contributed by atoms with van der Waals surface area (Å²) in [7, 11) is 0. The maximum atomic E-state index is 11.0. The number of thioether (sulfide) groups is 1. The molecule has 1 heterocycles. The van der Waals surface area contributed by atoms with Crippen molar-refractivity contribution in [2.24, 2.45) is 5.73 Å². The van der Waals surface area contributed by atoms with E-state index in [1.54, 1.807) is 29.7 Å². The van der Waals surface area contributed by atoms with Gasteiger partial charge < -0.3 is 5.73 Å². The number of rotatable bonds is 5. The fourth-order valence-corrected chi connectivity index (χ4v) is 3.34. The highest BCUT2D eigenvalue weighted by atomic mass is 35.5. The first-order valence-corrected chi connectivity index (χ1v) is 7.47. The minimum Gasteiger partial charge on any atom is -0.368 e. The molecule has 8 heteroatoms. The Hall–Kier alpha value is -1.24. The SMILES string of the molecule is Cc1nnc(SCc2c(Cl)cccc2Cl)n1CC(N)=O. The summed E-state index contributed by atoms with van der Waals surface area (Å²) in [6.45, 7) is 1.82. The third kappa shape index (κ3) is 3.45. The first-order chi connectivity index (χ1) is 9.49. The third-order valence-corrected chi connectivity index (χ3v) is 4.32. The van der Waals surface area contributed by atoms with E-state index < -0.39 is 5.91 Å². The second-order valence-corrected chi connectivity index (χ2v) is 5.83. The molecule has 0 aliphatic heterocycles. The Morgan fingerprint density at radius 2 is 2.00 bits per heavy atom. The number of aryl methyl sites for hydroxylation is 1. The second kappa shape index (κ2) is 6.47. The molecule has 0 radical (unpaired) electrons. The van der Waals surface area contributed by atoms with E-state index in [0.29, 0.717) is 26.8 Å². The number of carbonyl (C=O) groups excluding carboxylic acids is 1. The fraction of sp³-hybridized carbons (Fsp3) is 0.250. The van der Waals surface area contributed by atoms with Crippen molar-refractivity contribution in [2.45, 2.75) is 24.4 Å². The number of carbonyl (C=O) groups is 1. The molecule has 0 aliphatic carbocycles. The molecule has 2 N–H and O–H groups in total. The van der Waals surface area contributed by atoms with Crippen molar-refractivity contribution >= 4 is 40.9 Å². The van der Waals surface area contributed by atoms with Crippen molar-refractivity contribution in [3.05, 3.63) is 39.6 Å². The Morgan fingerprint density at radius 1 is 1.35 bits per heavy atom. The standard InChI is InChI=1S/C12H12Cl2N4OS/c1-7-16-17-12(18(7)5-11(15)19)20-6-8-9(13)3-2-4-10(8)14/h2-4H,5-6H2,1H3,(H2,15,19). The molecule has 0 bridgehead atoms. The molecule has 1 aromatic heterocycles. The van der Waals surface area contributed by atoms with Crippen LogP contribution < -0.4 is 5.73 Å². The Bertz CT molecular complexity index is 624. The lowest BCUT2D eigenvalue weighted by atomic mass is 10.2. The van der Waals surface area contributed by atoms with Gasteiger partial charge in [0.25, 0.3) is 0 Å². The van der Waals surface area contributed by atoms with Crippen LogP contribution in [0.25, 0.3) is 0 Å². The Balaban J connectivity index is 2.17. The molecule has 2 aromatic rings. The quantitative estimate of drug-likeness (QED) is 0.855. The van der Waals surface area contributed by atoms with Crippen molar-refractivity contribution in [1.82, 2.24) is 14.8 Å². The molecule has 0 saturated heterocycles. The smallest absolute Gasteiger partial charge is 0.237 e. The average molecular weight is 331 g/mol. The van der Waals surface area contributed by atoms with Gasteiger partial charge >= 0.3 is 0 Å². The molecular weight excluding hydrogens is 319 g/mol. The van der Waals surface area contributed by atoms with Crippen LogP contribution in [0.5, 0.6) is 0 Å². The summed E-state index contributed by atoms with van der Waals surface area (Å²) in [6, 6.07) is 5.35. The maximum absolute atomic E-state index is 11.0. The maximum Gasteiger partial charge on any atom is 0.237 e. The predicted molar refractivity (Wildman–Crippen MR) is 80.0 cm³/mol. The van der Waals surface area contributed by atoms with Crippen LogP contribution in [0.2, 0.25) is 10.0 Å². The number of nitrogens with zero attached hydrogens (tertiary/aromatic N) is 3. The van der Waals surface area contributed by atoms with Crippen LogP contribution in [-0.4, -0.2) is 20.7 Å². The molecule has 20 heavy (non-hydrogen) atoms. The molecular formula is C12H12Cl2N4OS. The molecule has 0 spiro atoms. The first-order valence-electron chi connectivity index (χ1n) is 5.73. The summed E-state index contributed by atoms with van der Waals surface area (Å²) in [5.41, 5.74) is 6.04. The predicted octanol–water partition coefficient (Wildman–Crippen LogP) is 2.67. The van der Waals surface area contributed by atoms with Crippen molar-refractivity contribution in [2.75, 3.05) is 0 Å². The van der Waals surface area contributed by atoms with Crippen molar-refractivity contribution in [3.8, 4) is 0 Å². The van der Waals surface area contributed by atoms with E-state index in [1.165, 1.54) is 11.8 Å². The zero-order valence-corrected chi connectivity index (χ0v) is 13.0. The van der Waals surface area contributed by atoms with Crippen LogP contribution in [0.15, 0.2) is 23.4 Å². The van der Waals surface area contributed by atoms with Gasteiger partial charge in [0.15, 0.2) is 5.16 Å². The summed E-state index contributed by atoms with van der Waals surface area (Å²) >= 11 is 13.6. The summed E-state index contributed by atoms with van der Waals surface area (Å²) in [5, 5.41) is 9.78. The molecule has 0 fully saturated rings. The molecule has 0 aliphatic rings. The summed E-state index contributed by atoms with van der Waals surface area (Å²) in [5.74, 6) is 0.733. The number of hydrogen-bond donors (Lipinski definition) is 1. The first kappa shape index (κ1) is 15.2. The monoisotopic (exact) mass is 330 g/mol. The molecule has 5 nitrogen and oxygen atoms in total. The number of primary amides is 1. The highest BCUT2D eigenvalue weighted by molar-refractivity contribution is 7.98. The summed E-state index contributed by atoms with van der Waals surface area (Å²) in [4.78, 5) is 11.0. The minimum absolute atomic E-state index is 0.0530. The normalized spacial score (nSPS) is 10.8. The highest BCUT2D eigenvalue weighted by Crippen LogP contribution is 2.30. The van der Waals surface area contributed by atoms with Gasteiger partial charge in [0.2, 0.25) is 5.91 Å². The molecule has 0 saturated carbocycles. The lowest BCUT2D eigenvalue weighted by Crippen LogP contribution is -2.20. The van der Waals surface area contributed by atoms with Crippen molar-refractivity contribution in [3.63, 3.8) is 0 Å². The van der Waals surface area contributed by atoms with Gasteiger partial charge in [-0.05, 0) is 24.6 Å². The van der Waals surface area contributed by atoms with Gasteiger partial charge in [-0.2, -0.15) is 0 Å². The van der Waals surface area contributed by atoms with Crippen LogP contribution in [0.1, 0.15) is 11.4 Å². The molecule has 0 atom stereocenters. The average Bonchev–Trinajstić information content (AvgIpc) is 2.70. The van der Waals surface area contributed by atoms with E-state index in [2.05, 4.69) is 10.2 Å². The van der Waals surface area contributed by atoms with E-state index >= 15 is 0 Å². The number of benzene rings is 1. The number of halogens is 2. The van der Waals surface area contributed by atoms with Gasteiger partial charge in [-0.1, -0.05) is 41.0 Å². The third-order valence-electron chi connectivity index (χ3n) is 2.62. The highest BCUT2D eigenvalue weighted by Gasteiger charge is 2.13. The lowest BCUT2D eigenvalue weighted by molar-refractivity contribution is -0.118. The van der Waals surface area contributed by atoms with E-state index in [-0.39, 0.29) is 6.54 Å². The minimum atomic E-state index is -0.439. The van der Waals surface area contributed by atoms with Crippen LogP contribution in [0, 0.1) is 6.92 Å². The van der Waals surface area contributed by atoms with E-state index in [4.69, 9.17) is 28.9 Å².